The second-order valence-electron chi connectivity index (χ2n) is 6.50. The molecule has 31 heavy (non-hydrogen) atoms. The molecule has 3 aromatic rings. The number of ether oxygens (including phenoxy) is 3. The Bertz CT molecular complexity index is 1120. The largest absolute Gasteiger partial charge is 0.497 e. The molecule has 1 heterocycles. The molecular weight excluding hydrogens is 424 g/mol. The lowest BCUT2D eigenvalue weighted by Gasteiger charge is -2.13. The molecule has 1 atom stereocenters. The van der Waals surface area contributed by atoms with E-state index in [1.54, 1.807) is 31.4 Å². The van der Waals surface area contributed by atoms with Crippen molar-refractivity contribution < 1.29 is 31.8 Å². The Morgan fingerprint density at radius 3 is 2.19 bits per heavy atom. The Labute approximate surface area is 180 Å². The lowest BCUT2D eigenvalue weighted by Crippen LogP contribution is -2.39. The average Bonchev–Trinajstić information content (AvgIpc) is 3.26. The van der Waals surface area contributed by atoms with Crippen molar-refractivity contribution in [2.45, 2.75) is 24.5 Å². The van der Waals surface area contributed by atoms with Crippen molar-refractivity contribution in [2.24, 2.45) is 0 Å². The van der Waals surface area contributed by atoms with E-state index in [-0.39, 0.29) is 11.5 Å². The highest BCUT2D eigenvalue weighted by molar-refractivity contribution is 7.89. The molecule has 9 nitrogen and oxygen atoms in total. The number of carbonyl (C=O) groups is 1. The summed E-state index contributed by atoms with van der Waals surface area (Å²) in [6, 6.07) is 11.8. The monoisotopic (exact) mass is 446 g/mol. The van der Waals surface area contributed by atoms with Crippen molar-refractivity contribution in [3.63, 3.8) is 0 Å². The number of sulfonamides is 1. The number of nitrogens with one attached hydrogen (secondary N) is 1. The van der Waals surface area contributed by atoms with E-state index in [9.17, 15) is 13.2 Å². The Morgan fingerprint density at radius 1 is 1.03 bits per heavy atom. The lowest BCUT2D eigenvalue weighted by atomic mass is 10.2. The number of hydrogen-bond acceptors (Lipinski definition) is 8. The summed E-state index contributed by atoms with van der Waals surface area (Å²) < 4.78 is 47.8. The number of hydrogen-bond donors (Lipinski definition) is 1. The van der Waals surface area contributed by atoms with Crippen LogP contribution >= 0.6 is 0 Å². The topological polar surface area (TPSA) is 117 Å². The van der Waals surface area contributed by atoms with Gasteiger partial charge in [0.1, 0.15) is 36.1 Å². The van der Waals surface area contributed by atoms with E-state index >= 15 is 0 Å². The van der Waals surface area contributed by atoms with E-state index in [1.165, 1.54) is 44.6 Å². The second-order valence-corrected chi connectivity index (χ2v) is 8.21. The first-order valence-corrected chi connectivity index (χ1v) is 10.7. The van der Waals surface area contributed by atoms with Crippen LogP contribution in [0, 0.1) is 0 Å². The molecule has 0 spiro atoms. The molecule has 0 unspecified atom stereocenters. The lowest BCUT2D eigenvalue weighted by molar-refractivity contribution is -0.146. The van der Waals surface area contributed by atoms with E-state index in [2.05, 4.69) is 9.71 Å². The molecule has 1 aromatic heterocycles. The number of esters is 1. The Balaban J connectivity index is 1.56. The van der Waals surface area contributed by atoms with Gasteiger partial charge < -0.3 is 18.6 Å². The fourth-order valence-corrected chi connectivity index (χ4v) is 3.81. The molecule has 0 saturated carbocycles. The van der Waals surface area contributed by atoms with Crippen molar-refractivity contribution >= 4 is 16.0 Å². The van der Waals surface area contributed by atoms with Crippen LogP contribution in [0.4, 0.5) is 0 Å². The van der Waals surface area contributed by atoms with Gasteiger partial charge in [-0.05, 0) is 55.5 Å². The average molecular weight is 446 g/mol. The number of rotatable bonds is 9. The minimum Gasteiger partial charge on any atom is -0.497 e. The molecule has 0 aliphatic rings. The molecule has 0 bridgehead atoms. The molecule has 0 aliphatic heterocycles. The standard InChI is InChI=1S/C21H22N2O7S/c1-14(23-31(25,26)19-10-8-18(28-3)9-11-19)21(24)30-13-16-12-29-20(22-16)15-4-6-17(27-2)7-5-15/h4-12,14,23H,13H2,1-3H3/t14-/m0/s1. The molecule has 0 radical (unpaired) electrons. The zero-order valence-corrected chi connectivity index (χ0v) is 18.0. The second kappa shape index (κ2) is 9.63. The van der Waals surface area contributed by atoms with Gasteiger partial charge in [-0.1, -0.05) is 0 Å². The maximum Gasteiger partial charge on any atom is 0.324 e. The molecule has 10 heteroatoms. The third-order valence-corrected chi connectivity index (χ3v) is 5.86. The SMILES string of the molecule is COc1ccc(-c2nc(COC(=O)[C@H](C)NS(=O)(=O)c3ccc(OC)cc3)co2)cc1. The first kappa shape index (κ1) is 22.3. The van der Waals surface area contributed by atoms with Crippen molar-refractivity contribution in [1.82, 2.24) is 9.71 Å². The van der Waals surface area contributed by atoms with Gasteiger partial charge >= 0.3 is 5.97 Å². The van der Waals surface area contributed by atoms with Crippen molar-refractivity contribution in [1.29, 1.82) is 0 Å². The van der Waals surface area contributed by atoms with E-state index < -0.39 is 22.0 Å². The molecule has 0 saturated heterocycles. The predicted octanol–water partition coefficient (Wildman–Crippen LogP) is 2.77. The summed E-state index contributed by atoms with van der Waals surface area (Å²) in [6.45, 7) is 1.24. The van der Waals surface area contributed by atoms with Crippen molar-refractivity contribution in [2.75, 3.05) is 14.2 Å². The highest BCUT2D eigenvalue weighted by Crippen LogP contribution is 2.22. The normalized spacial score (nSPS) is 12.2. The van der Waals surface area contributed by atoms with Crippen LogP contribution in [-0.2, 0) is 26.2 Å². The Hall–Kier alpha value is -3.37. The number of carbonyl (C=O) groups excluding carboxylic acids is 1. The molecule has 164 valence electrons. The summed E-state index contributed by atoms with van der Waals surface area (Å²) in [4.78, 5) is 16.5. The van der Waals surface area contributed by atoms with Crippen LogP contribution in [0.15, 0.2) is 64.1 Å². The Morgan fingerprint density at radius 2 is 1.61 bits per heavy atom. The molecule has 0 fully saturated rings. The predicted molar refractivity (Wildman–Crippen MR) is 111 cm³/mol. The number of nitrogens with zero attached hydrogens (tertiary/aromatic N) is 1. The molecule has 0 amide bonds. The summed E-state index contributed by atoms with van der Waals surface area (Å²) in [6.07, 6.45) is 1.37. The van der Waals surface area contributed by atoms with Gasteiger partial charge in [0.05, 0.1) is 19.1 Å². The van der Waals surface area contributed by atoms with Gasteiger partial charge in [-0.2, -0.15) is 4.72 Å². The van der Waals surface area contributed by atoms with Crippen LogP contribution in [0.5, 0.6) is 11.5 Å². The highest BCUT2D eigenvalue weighted by Gasteiger charge is 2.23. The van der Waals surface area contributed by atoms with E-state index in [4.69, 9.17) is 18.6 Å². The Kier molecular flexibility index (Phi) is 6.93. The zero-order chi connectivity index (χ0) is 22.4. The van der Waals surface area contributed by atoms with Gasteiger partial charge in [0, 0.05) is 5.56 Å². The van der Waals surface area contributed by atoms with E-state index in [1.807, 2.05) is 0 Å². The van der Waals surface area contributed by atoms with Crippen LogP contribution in [-0.4, -0.2) is 39.6 Å². The summed E-state index contributed by atoms with van der Waals surface area (Å²) in [5.74, 6) is 0.844. The fraction of sp³-hybridized carbons (Fsp3) is 0.238. The minimum atomic E-state index is -3.90. The van der Waals surface area contributed by atoms with Gasteiger partial charge in [0.15, 0.2) is 0 Å². The fourth-order valence-electron chi connectivity index (χ4n) is 2.61. The van der Waals surface area contributed by atoms with Crippen LogP contribution in [0.2, 0.25) is 0 Å². The van der Waals surface area contributed by atoms with Gasteiger partial charge in [0.2, 0.25) is 15.9 Å². The smallest absolute Gasteiger partial charge is 0.324 e. The quantitative estimate of drug-likeness (QED) is 0.499. The molecule has 1 N–H and O–H groups in total. The summed E-state index contributed by atoms with van der Waals surface area (Å²) in [5.41, 5.74) is 1.13. The number of benzene rings is 2. The van der Waals surface area contributed by atoms with Crippen LogP contribution in [0.3, 0.4) is 0 Å². The molecular formula is C21H22N2O7S. The maximum absolute atomic E-state index is 12.4. The summed E-state index contributed by atoms with van der Waals surface area (Å²) >= 11 is 0. The number of methoxy groups -OCH3 is 2. The van der Waals surface area contributed by atoms with E-state index in [0.717, 1.165) is 5.56 Å². The van der Waals surface area contributed by atoms with E-state index in [0.29, 0.717) is 23.1 Å². The summed E-state index contributed by atoms with van der Waals surface area (Å²) in [5, 5.41) is 0. The van der Waals surface area contributed by atoms with Gasteiger partial charge in [0.25, 0.3) is 0 Å². The third kappa shape index (κ3) is 5.62. The van der Waals surface area contributed by atoms with Gasteiger partial charge in [-0.25, -0.2) is 13.4 Å². The molecule has 2 aromatic carbocycles. The van der Waals surface area contributed by atoms with Gasteiger partial charge in [-0.3, -0.25) is 4.79 Å². The van der Waals surface area contributed by atoms with Crippen molar-refractivity contribution in [3.05, 3.63) is 60.5 Å². The maximum atomic E-state index is 12.4. The minimum absolute atomic E-state index is 0.00795. The first-order chi connectivity index (χ1) is 14.8. The third-order valence-electron chi connectivity index (χ3n) is 4.31. The van der Waals surface area contributed by atoms with Crippen LogP contribution < -0.4 is 14.2 Å². The summed E-state index contributed by atoms with van der Waals surface area (Å²) in [7, 11) is -0.846. The number of aromatic nitrogens is 1. The zero-order valence-electron chi connectivity index (χ0n) is 17.2. The molecule has 3 rings (SSSR count). The first-order valence-electron chi connectivity index (χ1n) is 9.24. The number of oxazole rings is 1. The molecule has 0 aliphatic carbocycles. The van der Waals surface area contributed by atoms with Crippen LogP contribution in [0.1, 0.15) is 12.6 Å². The van der Waals surface area contributed by atoms with Crippen molar-refractivity contribution in [3.8, 4) is 23.0 Å². The van der Waals surface area contributed by atoms with Crippen LogP contribution in [0.25, 0.3) is 11.5 Å². The van der Waals surface area contributed by atoms with Gasteiger partial charge in [-0.15, -0.1) is 0 Å². The highest BCUT2D eigenvalue weighted by atomic mass is 32.2.